The molecule has 0 bridgehead atoms. The SMILES string of the molecule is CC1(C(C)(C)C2(C)c3ccccc3-c3ccccc32)C=CC=C1. The summed E-state index contributed by atoms with van der Waals surface area (Å²) in [6.07, 6.45) is 9.11. The molecule has 0 aliphatic heterocycles. The second-order valence-electron chi connectivity index (χ2n) is 7.84. The molecule has 0 spiro atoms. The molecule has 116 valence electrons. The molecule has 0 atom stereocenters. The molecule has 2 aliphatic carbocycles. The molecular weight excluding hydrogens is 276 g/mol. The van der Waals surface area contributed by atoms with Crippen molar-refractivity contribution in [3.8, 4) is 11.1 Å². The maximum absolute atomic E-state index is 2.43. The van der Waals surface area contributed by atoms with Crippen molar-refractivity contribution in [2.24, 2.45) is 10.8 Å². The minimum absolute atomic E-state index is 0.0199. The van der Waals surface area contributed by atoms with Gasteiger partial charge in [-0.1, -0.05) is 101 Å². The van der Waals surface area contributed by atoms with E-state index in [0.29, 0.717) is 0 Å². The minimum atomic E-state index is -0.0199. The summed E-state index contributed by atoms with van der Waals surface area (Å²) in [6.45, 7) is 9.64. The van der Waals surface area contributed by atoms with E-state index in [9.17, 15) is 0 Å². The van der Waals surface area contributed by atoms with Crippen molar-refractivity contribution in [3.63, 3.8) is 0 Å². The summed E-state index contributed by atoms with van der Waals surface area (Å²) < 4.78 is 0. The van der Waals surface area contributed by atoms with Crippen molar-refractivity contribution in [2.45, 2.75) is 33.1 Å². The van der Waals surface area contributed by atoms with Gasteiger partial charge in [-0.15, -0.1) is 0 Å². The maximum atomic E-state index is 2.43. The van der Waals surface area contributed by atoms with Crippen LogP contribution in [-0.4, -0.2) is 0 Å². The fraction of sp³-hybridized carbons (Fsp3) is 0.304. The normalized spacial score (nSPS) is 19.7. The fourth-order valence-corrected chi connectivity index (χ4v) is 4.65. The molecule has 0 fully saturated rings. The van der Waals surface area contributed by atoms with E-state index in [0.717, 1.165) is 0 Å². The molecule has 2 aliphatic rings. The average Bonchev–Trinajstić information content (AvgIpc) is 3.12. The Kier molecular flexibility index (Phi) is 2.82. The van der Waals surface area contributed by atoms with Gasteiger partial charge in [-0.2, -0.15) is 0 Å². The topological polar surface area (TPSA) is 0 Å². The molecule has 0 N–H and O–H groups in total. The number of hydrogen-bond acceptors (Lipinski definition) is 0. The Bertz CT molecular complexity index is 775. The molecular formula is C23H24. The van der Waals surface area contributed by atoms with Crippen molar-refractivity contribution >= 4 is 0 Å². The predicted molar refractivity (Wildman–Crippen MR) is 98.5 cm³/mol. The average molecular weight is 300 g/mol. The quantitative estimate of drug-likeness (QED) is 0.625. The van der Waals surface area contributed by atoms with Gasteiger partial charge in [-0.05, 0) is 27.7 Å². The Morgan fingerprint density at radius 2 is 1.13 bits per heavy atom. The minimum Gasteiger partial charge on any atom is -0.0742 e. The van der Waals surface area contributed by atoms with E-state index in [1.54, 1.807) is 0 Å². The van der Waals surface area contributed by atoms with Crippen LogP contribution in [0.5, 0.6) is 0 Å². The van der Waals surface area contributed by atoms with E-state index in [4.69, 9.17) is 0 Å². The number of hydrogen-bond donors (Lipinski definition) is 0. The molecule has 0 aromatic heterocycles. The summed E-state index contributed by atoms with van der Waals surface area (Å²) in [5.74, 6) is 0. The standard InChI is InChI=1S/C23H24/c1-21(2,22(3)15-9-10-16-22)23(4)19-13-7-5-11-17(19)18-12-6-8-14-20(18)23/h5-16H,1-4H3. The summed E-state index contributed by atoms with van der Waals surface area (Å²) >= 11 is 0. The Hall–Kier alpha value is -2.08. The number of allylic oxidation sites excluding steroid dienone is 4. The van der Waals surface area contributed by atoms with E-state index >= 15 is 0 Å². The van der Waals surface area contributed by atoms with E-state index in [1.807, 2.05) is 0 Å². The largest absolute Gasteiger partial charge is 0.0742 e. The molecule has 0 radical (unpaired) electrons. The van der Waals surface area contributed by atoms with Crippen LogP contribution in [0.2, 0.25) is 0 Å². The van der Waals surface area contributed by atoms with E-state index in [2.05, 4.69) is 101 Å². The first-order valence-electron chi connectivity index (χ1n) is 8.48. The first-order valence-corrected chi connectivity index (χ1v) is 8.48. The van der Waals surface area contributed by atoms with Crippen LogP contribution in [0.3, 0.4) is 0 Å². The third-order valence-corrected chi connectivity index (χ3v) is 6.81. The molecule has 0 unspecified atom stereocenters. The highest BCUT2D eigenvalue weighted by Gasteiger charge is 2.56. The lowest BCUT2D eigenvalue weighted by atomic mass is 9.51. The Morgan fingerprint density at radius 1 is 0.696 bits per heavy atom. The Labute approximate surface area is 139 Å². The van der Waals surface area contributed by atoms with Gasteiger partial charge in [0.2, 0.25) is 0 Å². The van der Waals surface area contributed by atoms with Crippen LogP contribution in [0.25, 0.3) is 11.1 Å². The van der Waals surface area contributed by atoms with E-state index in [-0.39, 0.29) is 16.2 Å². The molecule has 0 saturated heterocycles. The second-order valence-corrected chi connectivity index (χ2v) is 7.84. The Balaban J connectivity index is 2.04. The summed E-state index contributed by atoms with van der Waals surface area (Å²) in [5, 5.41) is 0. The van der Waals surface area contributed by atoms with Crippen LogP contribution < -0.4 is 0 Å². The zero-order valence-electron chi connectivity index (χ0n) is 14.4. The second kappa shape index (κ2) is 4.47. The van der Waals surface area contributed by atoms with Crippen molar-refractivity contribution in [2.75, 3.05) is 0 Å². The third-order valence-electron chi connectivity index (χ3n) is 6.81. The van der Waals surface area contributed by atoms with Crippen LogP contribution in [0.4, 0.5) is 0 Å². The molecule has 2 aromatic rings. The lowest BCUT2D eigenvalue weighted by Crippen LogP contribution is -2.48. The first-order chi connectivity index (χ1) is 10.9. The molecule has 0 saturated carbocycles. The third kappa shape index (κ3) is 1.62. The van der Waals surface area contributed by atoms with Crippen LogP contribution in [0.15, 0.2) is 72.8 Å². The molecule has 0 heteroatoms. The van der Waals surface area contributed by atoms with Crippen LogP contribution in [-0.2, 0) is 5.41 Å². The smallest absolute Gasteiger partial charge is 0.0249 e. The lowest BCUT2D eigenvalue weighted by Gasteiger charge is -2.52. The van der Waals surface area contributed by atoms with Gasteiger partial charge in [0.05, 0.1) is 0 Å². The van der Waals surface area contributed by atoms with Gasteiger partial charge >= 0.3 is 0 Å². The van der Waals surface area contributed by atoms with Gasteiger partial charge < -0.3 is 0 Å². The zero-order valence-corrected chi connectivity index (χ0v) is 14.4. The van der Waals surface area contributed by atoms with Crippen LogP contribution in [0.1, 0.15) is 38.8 Å². The van der Waals surface area contributed by atoms with Gasteiger partial charge in [0.15, 0.2) is 0 Å². The van der Waals surface area contributed by atoms with Crippen molar-refractivity contribution in [1.29, 1.82) is 0 Å². The fourth-order valence-electron chi connectivity index (χ4n) is 4.65. The zero-order chi connectivity index (χ0) is 16.3. The predicted octanol–water partition coefficient (Wildman–Crippen LogP) is 6.13. The summed E-state index contributed by atoms with van der Waals surface area (Å²) in [7, 11) is 0. The van der Waals surface area contributed by atoms with Gasteiger partial charge in [0.1, 0.15) is 0 Å². The van der Waals surface area contributed by atoms with Gasteiger partial charge in [0.25, 0.3) is 0 Å². The molecule has 2 aromatic carbocycles. The van der Waals surface area contributed by atoms with Gasteiger partial charge in [-0.3, -0.25) is 0 Å². The van der Waals surface area contributed by atoms with Gasteiger partial charge in [-0.25, -0.2) is 0 Å². The maximum Gasteiger partial charge on any atom is 0.0249 e. The number of fused-ring (bicyclic) bond motifs is 3. The summed E-state index contributed by atoms with van der Waals surface area (Å²) in [4.78, 5) is 0. The summed E-state index contributed by atoms with van der Waals surface area (Å²) in [6, 6.07) is 17.9. The highest BCUT2D eigenvalue weighted by atomic mass is 14.6. The molecule has 4 rings (SSSR count). The monoisotopic (exact) mass is 300 g/mol. The number of benzene rings is 2. The first kappa shape index (κ1) is 14.5. The Morgan fingerprint density at radius 3 is 1.61 bits per heavy atom. The molecule has 23 heavy (non-hydrogen) atoms. The van der Waals surface area contributed by atoms with Crippen molar-refractivity contribution in [1.82, 2.24) is 0 Å². The van der Waals surface area contributed by atoms with E-state index in [1.165, 1.54) is 22.3 Å². The van der Waals surface area contributed by atoms with Gasteiger partial charge in [0, 0.05) is 10.8 Å². The highest BCUT2D eigenvalue weighted by molar-refractivity contribution is 5.81. The van der Waals surface area contributed by atoms with Crippen molar-refractivity contribution < 1.29 is 0 Å². The lowest BCUT2D eigenvalue weighted by molar-refractivity contribution is 0.110. The molecule has 0 nitrogen and oxygen atoms in total. The molecule has 0 heterocycles. The van der Waals surface area contributed by atoms with Crippen LogP contribution >= 0.6 is 0 Å². The summed E-state index contributed by atoms with van der Waals surface area (Å²) in [5.41, 5.74) is 5.79. The van der Waals surface area contributed by atoms with E-state index < -0.39 is 0 Å². The van der Waals surface area contributed by atoms with Crippen molar-refractivity contribution in [3.05, 3.63) is 84.0 Å². The number of rotatable bonds is 2. The highest BCUT2D eigenvalue weighted by Crippen LogP contribution is 2.63. The molecule has 0 amide bonds. The van der Waals surface area contributed by atoms with Crippen LogP contribution in [0, 0.1) is 10.8 Å².